The summed E-state index contributed by atoms with van der Waals surface area (Å²) in [5, 5.41) is 5.70. The number of hydrogen-bond donors (Lipinski definition) is 0. The molecule has 8 heterocycles. The maximum Gasteiger partial charge on any atom is 0.423 e. The van der Waals surface area contributed by atoms with Crippen molar-refractivity contribution < 1.29 is 9.15 Å². The quantitative estimate of drug-likeness (QED) is 0.271. The third-order valence-electron chi connectivity index (χ3n) is 9.57. The van der Waals surface area contributed by atoms with Gasteiger partial charge in [-0.25, -0.2) is 4.57 Å². The number of hydrogen-bond acceptors (Lipinski definition) is 3. The van der Waals surface area contributed by atoms with E-state index >= 15 is 0 Å². The SMILES string of the molecule is C1=c2c3ccccc3c3n2C24n5c(c6ccccc6c5N=C5c6ccccc6C(=[N+]52)N=3)N=C2c3ccccc3C1=[N+]24. The zero-order chi connectivity index (χ0) is 26.2. The molecule has 1 spiro atoms. The van der Waals surface area contributed by atoms with Crippen LogP contribution >= 0.6 is 0 Å². The fourth-order valence-electron chi connectivity index (χ4n) is 8.09. The summed E-state index contributed by atoms with van der Waals surface area (Å²) < 4.78 is 9.63. The van der Waals surface area contributed by atoms with Gasteiger partial charge in [0.25, 0.3) is 17.5 Å². The summed E-state index contributed by atoms with van der Waals surface area (Å²) in [6, 6.07) is 34.4. The lowest BCUT2D eigenvalue weighted by molar-refractivity contribution is -0.789. The zero-order valence-electron chi connectivity index (χ0n) is 21.4. The Morgan fingerprint density at radius 3 is 1.80 bits per heavy atom. The fraction of sp³-hybridized carbons (Fsp3) is 0.0294. The molecule has 0 N–H and O–H groups in total. The van der Waals surface area contributed by atoms with Gasteiger partial charge in [-0.2, -0.15) is 4.57 Å². The molecule has 41 heavy (non-hydrogen) atoms. The lowest BCUT2D eigenvalue weighted by atomic mass is 10.0. The summed E-state index contributed by atoms with van der Waals surface area (Å²) in [5.74, 6) is 3.80. The van der Waals surface area contributed by atoms with Crippen molar-refractivity contribution in [2.75, 3.05) is 0 Å². The van der Waals surface area contributed by atoms with E-state index in [1.807, 2.05) is 0 Å². The number of aliphatic imine (C=N–C) groups is 2. The Morgan fingerprint density at radius 2 is 1.07 bits per heavy atom. The zero-order valence-corrected chi connectivity index (χ0v) is 21.4. The van der Waals surface area contributed by atoms with Crippen LogP contribution in [0.2, 0.25) is 0 Å². The first-order valence-electron chi connectivity index (χ1n) is 13.9. The Morgan fingerprint density at radius 1 is 0.512 bits per heavy atom. The highest BCUT2D eigenvalue weighted by Gasteiger charge is 2.69. The van der Waals surface area contributed by atoms with E-state index in [2.05, 4.69) is 121 Å². The molecule has 0 saturated heterocycles. The van der Waals surface area contributed by atoms with Crippen molar-refractivity contribution in [1.82, 2.24) is 9.13 Å². The Bertz CT molecular complexity index is 2460. The highest BCUT2D eigenvalue weighted by molar-refractivity contribution is 6.29. The summed E-state index contributed by atoms with van der Waals surface area (Å²) in [6.45, 7) is 0. The maximum absolute atomic E-state index is 5.46. The average Bonchev–Trinajstić information content (AvgIpc) is 3.74. The van der Waals surface area contributed by atoms with Crippen LogP contribution in [0, 0.1) is 0 Å². The predicted octanol–water partition coefficient (Wildman–Crippen LogP) is 3.91. The molecule has 186 valence electrons. The molecule has 0 radical (unpaired) electrons. The largest absolute Gasteiger partial charge is 0.423 e. The van der Waals surface area contributed by atoms with Gasteiger partial charge >= 0.3 is 11.7 Å². The summed E-state index contributed by atoms with van der Waals surface area (Å²) in [6.07, 6.45) is 2.33. The average molecular weight is 524 g/mol. The maximum atomic E-state index is 5.46. The highest BCUT2D eigenvalue weighted by atomic mass is 15.7. The van der Waals surface area contributed by atoms with Crippen molar-refractivity contribution in [3.05, 3.63) is 130 Å². The second kappa shape index (κ2) is 5.90. The van der Waals surface area contributed by atoms with E-state index in [0.717, 1.165) is 78.5 Å². The Labute approximate surface area is 231 Å². The van der Waals surface area contributed by atoms with E-state index in [1.54, 1.807) is 0 Å². The molecule has 2 aromatic heterocycles. The molecule has 7 nitrogen and oxygen atoms in total. The van der Waals surface area contributed by atoms with Crippen molar-refractivity contribution in [3.63, 3.8) is 0 Å². The molecule has 1 unspecified atom stereocenters. The van der Waals surface area contributed by atoms with Crippen LogP contribution in [0.25, 0.3) is 27.6 Å². The van der Waals surface area contributed by atoms with Gasteiger partial charge in [-0.3, -0.25) is 0 Å². The number of rotatable bonds is 0. The lowest BCUT2D eigenvalue weighted by Crippen LogP contribution is -2.71. The highest BCUT2D eigenvalue weighted by Crippen LogP contribution is 2.52. The molecular weight excluding hydrogens is 506 g/mol. The summed E-state index contributed by atoms with van der Waals surface area (Å²) in [7, 11) is 0. The van der Waals surface area contributed by atoms with Crippen LogP contribution < -0.4 is 10.8 Å². The molecule has 1 atom stereocenters. The first kappa shape index (κ1) is 19.4. The van der Waals surface area contributed by atoms with Gasteiger partial charge in [0.05, 0.1) is 27.4 Å². The molecule has 7 heteroatoms. The molecule has 0 bridgehead atoms. The van der Waals surface area contributed by atoms with E-state index in [4.69, 9.17) is 15.0 Å². The van der Waals surface area contributed by atoms with Gasteiger partial charge in [0.15, 0.2) is 0 Å². The molecule has 4 aromatic carbocycles. The molecule has 6 aliphatic heterocycles. The van der Waals surface area contributed by atoms with E-state index < -0.39 is 5.91 Å². The number of amidine groups is 3. The summed E-state index contributed by atoms with van der Waals surface area (Å²) >= 11 is 0. The molecule has 0 amide bonds. The van der Waals surface area contributed by atoms with Crippen LogP contribution in [0.15, 0.2) is 112 Å². The third-order valence-corrected chi connectivity index (χ3v) is 9.57. The minimum Gasteiger partial charge on any atom is -0.217 e. The monoisotopic (exact) mass is 523 g/mol. The standard InChI is InChI=1S/C34H17N7/c1-3-11-20-18(9-1)26-17-27-19-10-2-4-12-21(19)29-36-31-23-14-6-8-16-25(23)33-37-32-24-15-7-5-13-22(24)30-35-28(20)38(26)34(39(27)29,40(30)32)41(31)33/h1-17H/q+2. The van der Waals surface area contributed by atoms with E-state index in [1.165, 1.54) is 10.9 Å². The smallest absolute Gasteiger partial charge is 0.217 e. The first-order valence-corrected chi connectivity index (χ1v) is 13.9. The van der Waals surface area contributed by atoms with Crippen molar-refractivity contribution >= 4 is 62.5 Å². The van der Waals surface area contributed by atoms with Crippen LogP contribution in [0.3, 0.4) is 0 Å². The predicted molar refractivity (Wildman–Crippen MR) is 157 cm³/mol. The Hall–Kier alpha value is -5.69. The van der Waals surface area contributed by atoms with Gasteiger partial charge in [-0.15, -0.1) is 9.15 Å². The van der Waals surface area contributed by atoms with Crippen LogP contribution in [-0.4, -0.2) is 41.5 Å². The van der Waals surface area contributed by atoms with Crippen molar-refractivity contribution in [1.29, 1.82) is 0 Å². The molecule has 6 aromatic rings. The first-order chi connectivity index (χ1) is 20.4. The molecule has 12 rings (SSSR count). The third kappa shape index (κ3) is 1.77. The van der Waals surface area contributed by atoms with E-state index in [0.29, 0.717) is 0 Å². The van der Waals surface area contributed by atoms with Gasteiger partial charge in [0, 0.05) is 27.8 Å². The van der Waals surface area contributed by atoms with Gasteiger partial charge in [-0.1, -0.05) is 64.6 Å². The summed E-state index contributed by atoms with van der Waals surface area (Å²) in [4.78, 5) is 16.4. The molecule has 0 aliphatic carbocycles. The number of fused-ring (bicyclic) bond motifs is 12. The Balaban J connectivity index is 1.45. The molecule has 6 aliphatic rings. The molecule has 0 fully saturated rings. The van der Waals surface area contributed by atoms with E-state index in [-0.39, 0.29) is 0 Å². The topological polar surface area (TPSA) is 53.0 Å². The minimum absolute atomic E-state index is 0.860. The number of aromatic nitrogens is 2. The van der Waals surface area contributed by atoms with Gasteiger partial charge in [0.1, 0.15) is 5.71 Å². The lowest BCUT2D eigenvalue weighted by Gasteiger charge is -2.40. The fourth-order valence-corrected chi connectivity index (χ4v) is 8.09. The van der Waals surface area contributed by atoms with Crippen molar-refractivity contribution in [2.24, 2.45) is 15.0 Å². The second-order valence-electron chi connectivity index (χ2n) is 11.3. The van der Waals surface area contributed by atoms with Gasteiger partial charge < -0.3 is 0 Å². The van der Waals surface area contributed by atoms with Crippen LogP contribution in [0.5, 0.6) is 0 Å². The molecule has 0 saturated carbocycles. The van der Waals surface area contributed by atoms with Gasteiger partial charge in [0.2, 0.25) is 11.3 Å². The number of benzene rings is 4. The van der Waals surface area contributed by atoms with Crippen LogP contribution in [-0.2, 0) is 5.91 Å². The van der Waals surface area contributed by atoms with Gasteiger partial charge in [-0.05, 0) is 47.5 Å². The Kier molecular flexibility index (Phi) is 2.79. The van der Waals surface area contributed by atoms with Crippen molar-refractivity contribution in [3.8, 4) is 0 Å². The van der Waals surface area contributed by atoms with Crippen molar-refractivity contribution in [2.45, 2.75) is 5.91 Å². The van der Waals surface area contributed by atoms with E-state index in [9.17, 15) is 0 Å². The summed E-state index contributed by atoms with van der Waals surface area (Å²) in [5.41, 5.74) is 6.66. The second-order valence-corrected chi connectivity index (χ2v) is 11.3. The minimum atomic E-state index is -0.860. The van der Waals surface area contributed by atoms with Crippen LogP contribution in [0.4, 0.5) is 11.6 Å². The van der Waals surface area contributed by atoms with Crippen LogP contribution in [0.1, 0.15) is 22.3 Å². The number of nitrogens with zero attached hydrogens (tertiary/aromatic N) is 7. The normalized spacial score (nSPS) is 20.8. The molecular formula is C34H17N7+2.